The molecule has 0 aliphatic heterocycles. The van der Waals surface area contributed by atoms with Crippen LogP contribution in [0.4, 0.5) is 34.9 Å². The first-order valence-corrected chi connectivity index (χ1v) is 4.37. The molecule has 10 heteroatoms. The van der Waals surface area contributed by atoms with E-state index in [1.54, 1.807) is 0 Å². The molecule has 1 aromatic rings. The second-order valence-corrected chi connectivity index (χ2v) is 3.26. The molecule has 0 N–H and O–H groups in total. The van der Waals surface area contributed by atoms with E-state index in [4.69, 9.17) is 0 Å². The number of rotatable bonds is 3. The van der Waals surface area contributed by atoms with Crippen molar-refractivity contribution >= 4 is 12.4 Å². The van der Waals surface area contributed by atoms with E-state index in [9.17, 15) is 34.9 Å². The molecule has 0 spiro atoms. The maximum atomic E-state index is 12.4. The van der Waals surface area contributed by atoms with E-state index in [2.05, 4.69) is 4.74 Å². The van der Waals surface area contributed by atoms with Crippen LogP contribution < -0.4 is 10.2 Å². The van der Waals surface area contributed by atoms with Crippen molar-refractivity contribution < 1.29 is 39.6 Å². The second kappa shape index (κ2) is 4.32. The van der Waals surface area contributed by atoms with E-state index < -0.39 is 30.5 Å². The maximum absolute atomic E-state index is 12.4. The minimum atomic E-state index is -5.94. The van der Waals surface area contributed by atoms with Crippen molar-refractivity contribution in [3.05, 3.63) is 24.3 Å². The zero-order chi connectivity index (χ0) is 14.2. The van der Waals surface area contributed by atoms with Gasteiger partial charge in [-0.1, -0.05) is 12.1 Å². The summed E-state index contributed by atoms with van der Waals surface area (Å²) in [4.78, 5) is 0. The van der Waals surface area contributed by atoms with Gasteiger partial charge in [-0.25, -0.2) is 0 Å². The molecule has 18 heavy (non-hydrogen) atoms. The first kappa shape index (κ1) is 14.6. The summed E-state index contributed by atoms with van der Waals surface area (Å²) in [5.74, 6) is -1.01. The molecule has 102 valence electrons. The third kappa shape index (κ3) is 3.27. The molecule has 0 saturated heterocycles. The molecular formula is C8H4BF8O-. The van der Waals surface area contributed by atoms with E-state index >= 15 is 0 Å². The molecule has 0 fully saturated rings. The molecule has 0 heterocycles. The van der Waals surface area contributed by atoms with Crippen LogP contribution in [0.3, 0.4) is 0 Å². The van der Waals surface area contributed by atoms with Gasteiger partial charge in [-0.05, 0) is 12.1 Å². The van der Waals surface area contributed by atoms with Crippen molar-refractivity contribution in [2.75, 3.05) is 0 Å². The second-order valence-electron chi connectivity index (χ2n) is 3.26. The van der Waals surface area contributed by atoms with Crippen LogP contribution in [0.15, 0.2) is 24.3 Å². The Balaban J connectivity index is 2.89. The number of ether oxygens (including phenoxy) is 1. The van der Waals surface area contributed by atoms with Crippen LogP contribution in [0.1, 0.15) is 0 Å². The summed E-state index contributed by atoms with van der Waals surface area (Å²) in [6.45, 7) is -5.35. The summed E-state index contributed by atoms with van der Waals surface area (Å²) in [6.07, 6.45) is -11.4. The van der Waals surface area contributed by atoms with Gasteiger partial charge in [0.25, 0.3) is 0 Å². The molecule has 0 bridgehead atoms. The van der Waals surface area contributed by atoms with Gasteiger partial charge >= 0.3 is 19.3 Å². The minimum Gasteiger partial charge on any atom is -0.445 e. The first-order chi connectivity index (χ1) is 7.93. The van der Waals surface area contributed by atoms with Gasteiger partial charge in [0.1, 0.15) is 5.75 Å². The smallest absolute Gasteiger partial charge is 0.445 e. The predicted molar refractivity (Wildman–Crippen MR) is 46.8 cm³/mol. The van der Waals surface area contributed by atoms with Gasteiger partial charge in [0.2, 0.25) is 0 Å². The number of halogens is 8. The van der Waals surface area contributed by atoms with E-state index in [0.29, 0.717) is 24.3 Å². The highest BCUT2D eigenvalue weighted by Gasteiger charge is 2.61. The lowest BCUT2D eigenvalue weighted by molar-refractivity contribution is -0.360. The van der Waals surface area contributed by atoms with E-state index in [1.807, 2.05) is 0 Å². The van der Waals surface area contributed by atoms with E-state index in [-0.39, 0.29) is 0 Å². The maximum Gasteiger partial charge on any atom is 0.509 e. The van der Waals surface area contributed by atoms with Gasteiger partial charge in [0, 0.05) is 0 Å². The van der Waals surface area contributed by atoms with Crippen LogP contribution in [-0.2, 0) is 0 Å². The summed E-state index contributed by atoms with van der Waals surface area (Å²) >= 11 is 0. The van der Waals surface area contributed by atoms with Crippen molar-refractivity contribution in [2.24, 2.45) is 0 Å². The summed E-state index contributed by atoms with van der Waals surface area (Å²) in [7, 11) is 0. The van der Waals surface area contributed by atoms with Gasteiger partial charge in [0.05, 0.1) is 0 Å². The van der Waals surface area contributed by atoms with Crippen molar-refractivity contribution in [1.82, 2.24) is 0 Å². The predicted octanol–water partition coefficient (Wildman–Crippen LogP) is 3.27. The van der Waals surface area contributed by atoms with Gasteiger partial charge < -0.3 is 17.7 Å². The van der Waals surface area contributed by atoms with Crippen LogP contribution in [0.2, 0.25) is 0 Å². The highest BCUT2D eigenvalue weighted by Crippen LogP contribution is 2.37. The topological polar surface area (TPSA) is 9.23 Å². The lowest BCUT2D eigenvalue weighted by Crippen LogP contribution is -2.42. The third-order valence-corrected chi connectivity index (χ3v) is 1.83. The molecule has 1 aromatic carbocycles. The van der Waals surface area contributed by atoms with Crippen LogP contribution in [0.5, 0.6) is 5.75 Å². The van der Waals surface area contributed by atoms with Crippen molar-refractivity contribution in [2.45, 2.75) is 12.3 Å². The normalized spacial score (nSPS) is 13.6. The summed E-state index contributed by atoms with van der Waals surface area (Å²) in [5, 5.41) is 0. The lowest BCUT2D eigenvalue weighted by Gasteiger charge is -2.21. The summed E-state index contributed by atoms with van der Waals surface area (Å²) in [5.41, 5.74) is -1.13. The van der Waals surface area contributed by atoms with Gasteiger partial charge in [0.15, 0.2) is 0 Å². The molecule has 0 saturated carbocycles. The number of hydrogen-bond acceptors (Lipinski definition) is 1. The Hall–Kier alpha value is -1.48. The van der Waals surface area contributed by atoms with Crippen LogP contribution in [0, 0.1) is 0 Å². The molecule has 1 nitrogen and oxygen atoms in total. The van der Waals surface area contributed by atoms with Crippen LogP contribution in [0.25, 0.3) is 0 Å². The largest absolute Gasteiger partial charge is 0.509 e. The number of alkyl halides is 5. The van der Waals surface area contributed by atoms with E-state index in [0.717, 1.165) is 0 Å². The van der Waals surface area contributed by atoms with E-state index in [1.165, 1.54) is 0 Å². The van der Waals surface area contributed by atoms with Crippen LogP contribution in [-0.4, -0.2) is 19.3 Å². The molecule has 0 unspecified atom stereocenters. The Kier molecular flexibility index (Phi) is 3.50. The number of hydrogen-bond donors (Lipinski definition) is 0. The summed E-state index contributed by atoms with van der Waals surface area (Å²) in [6, 6.07) is 1.51. The average Bonchev–Trinajstić information content (AvgIpc) is 2.14. The van der Waals surface area contributed by atoms with Crippen molar-refractivity contribution in [3.63, 3.8) is 0 Å². The monoisotopic (exact) mass is 279 g/mol. The first-order valence-electron chi connectivity index (χ1n) is 4.37. The zero-order valence-electron chi connectivity index (χ0n) is 8.32. The summed E-state index contributed by atoms with van der Waals surface area (Å²) < 4.78 is 99.7. The highest BCUT2D eigenvalue weighted by molar-refractivity contribution is 6.73. The third-order valence-electron chi connectivity index (χ3n) is 1.83. The Labute approximate surface area is 95.4 Å². The lowest BCUT2D eigenvalue weighted by atomic mass is 9.80. The molecule has 0 amide bonds. The zero-order valence-corrected chi connectivity index (χ0v) is 8.32. The fraction of sp³-hybridized carbons (Fsp3) is 0.250. The molecule has 0 aliphatic carbocycles. The van der Waals surface area contributed by atoms with Gasteiger partial charge in [-0.15, -0.1) is 5.46 Å². The average molecular weight is 279 g/mol. The molecule has 0 atom stereocenters. The van der Waals surface area contributed by atoms with Crippen molar-refractivity contribution in [1.29, 1.82) is 0 Å². The Morgan fingerprint density at radius 1 is 0.833 bits per heavy atom. The highest BCUT2D eigenvalue weighted by atomic mass is 19.4. The fourth-order valence-corrected chi connectivity index (χ4v) is 0.960. The Bertz CT molecular complexity index is 407. The fourth-order valence-electron chi connectivity index (χ4n) is 0.960. The van der Waals surface area contributed by atoms with Gasteiger partial charge in [-0.2, -0.15) is 22.0 Å². The molecule has 0 aromatic heterocycles. The van der Waals surface area contributed by atoms with Crippen LogP contribution >= 0.6 is 0 Å². The Morgan fingerprint density at radius 2 is 1.28 bits per heavy atom. The molecule has 1 rings (SSSR count). The Morgan fingerprint density at radius 3 is 1.61 bits per heavy atom. The molecular weight excluding hydrogens is 275 g/mol. The van der Waals surface area contributed by atoms with Crippen molar-refractivity contribution in [3.8, 4) is 5.75 Å². The number of benzene rings is 1. The quantitative estimate of drug-likeness (QED) is 0.609. The van der Waals surface area contributed by atoms with Gasteiger partial charge in [-0.3, -0.25) is 0 Å². The molecule has 0 aliphatic rings. The standard InChI is InChI=1S/C8H4BF8O/c10-7(11,12)8(13,14)18-6-3-1-5(2-4-6)9(15,16)17/h1-4H/q-1. The minimum absolute atomic E-state index is 0.363. The SMILES string of the molecule is F[B-](F)(F)c1ccc(OC(F)(F)C(F)(F)F)cc1. The molecule has 0 radical (unpaired) electrons.